The van der Waals surface area contributed by atoms with Crippen LogP contribution in [0.3, 0.4) is 0 Å². The van der Waals surface area contributed by atoms with Crippen molar-refractivity contribution in [2.45, 2.75) is 39.3 Å². The van der Waals surface area contributed by atoms with Crippen molar-refractivity contribution in [1.82, 2.24) is 9.97 Å². The second kappa shape index (κ2) is 11.9. The van der Waals surface area contributed by atoms with E-state index in [1.165, 1.54) is 12.1 Å². The van der Waals surface area contributed by atoms with Gasteiger partial charge < -0.3 is 11.5 Å². The van der Waals surface area contributed by atoms with E-state index in [-0.39, 0.29) is 11.6 Å². The van der Waals surface area contributed by atoms with E-state index in [4.69, 9.17) is 17.9 Å². The Morgan fingerprint density at radius 2 is 1.34 bits per heavy atom. The smallest absolute Gasteiger partial charge is 0.142 e. The van der Waals surface area contributed by atoms with Crippen molar-refractivity contribution in [2.75, 3.05) is 11.5 Å². The van der Waals surface area contributed by atoms with Crippen molar-refractivity contribution in [1.29, 1.82) is 0 Å². The van der Waals surface area contributed by atoms with Crippen LogP contribution in [-0.2, 0) is 0 Å². The zero-order chi connectivity index (χ0) is 22.8. The van der Waals surface area contributed by atoms with Crippen molar-refractivity contribution in [3.8, 4) is 23.4 Å². The molecular formula is C20H27F2IN4Si2. The molecular weight excluding hydrogens is 517 g/mol. The molecule has 0 aliphatic rings. The van der Waals surface area contributed by atoms with E-state index < -0.39 is 22.0 Å². The number of hydrogen-bond donors (Lipinski definition) is 2. The maximum Gasteiger partial charge on any atom is 0.142 e. The third-order valence-electron chi connectivity index (χ3n) is 2.73. The van der Waals surface area contributed by atoms with E-state index in [1.54, 1.807) is 0 Å². The Hall–Kier alpha value is -1.96. The molecule has 2 heterocycles. The van der Waals surface area contributed by atoms with Gasteiger partial charge in [-0.25, -0.2) is 18.7 Å². The summed E-state index contributed by atoms with van der Waals surface area (Å²) in [6.07, 6.45) is 7.30. The van der Waals surface area contributed by atoms with Crippen LogP contribution in [0.4, 0.5) is 20.4 Å². The number of aromatic nitrogens is 2. The highest BCUT2D eigenvalue weighted by Crippen LogP contribution is 2.11. The normalized spacial score (nSPS) is 10.2. The van der Waals surface area contributed by atoms with Gasteiger partial charge in [-0.05, 0) is 34.7 Å². The van der Waals surface area contributed by atoms with E-state index in [0.29, 0.717) is 15.0 Å². The van der Waals surface area contributed by atoms with Crippen LogP contribution in [0.2, 0.25) is 39.3 Å². The number of pyridine rings is 2. The predicted octanol–water partition coefficient (Wildman–Crippen LogP) is 4.94. The van der Waals surface area contributed by atoms with Gasteiger partial charge in [-0.15, -0.1) is 17.5 Å². The molecule has 0 fully saturated rings. The monoisotopic (exact) mass is 544 g/mol. The van der Waals surface area contributed by atoms with Gasteiger partial charge in [0.1, 0.15) is 39.4 Å². The second-order valence-electron chi connectivity index (χ2n) is 8.00. The van der Waals surface area contributed by atoms with Gasteiger partial charge in [0.15, 0.2) is 0 Å². The number of nitrogens with two attached hydrogens (primary N) is 2. The topological polar surface area (TPSA) is 77.8 Å². The molecule has 0 spiro atoms. The summed E-state index contributed by atoms with van der Waals surface area (Å²) in [5.41, 5.74) is 17.2. The molecule has 0 aliphatic carbocycles. The second-order valence-corrected chi connectivity index (χ2v) is 18.7. The first-order chi connectivity index (χ1) is 13.1. The van der Waals surface area contributed by atoms with Crippen molar-refractivity contribution < 1.29 is 8.78 Å². The molecule has 0 saturated heterocycles. The van der Waals surface area contributed by atoms with Crippen LogP contribution >= 0.6 is 22.6 Å². The lowest BCUT2D eigenvalue weighted by atomic mass is 10.3. The molecule has 9 heteroatoms. The van der Waals surface area contributed by atoms with E-state index in [9.17, 15) is 8.78 Å². The SMILES string of the molecule is C#C[Si](C)(C)C.C[Si](C)(C)C#Cc1cc(F)cnc1N.Nc1ncc(F)cc1I. The molecule has 0 bridgehead atoms. The van der Waals surface area contributed by atoms with Gasteiger partial charge in [-0.1, -0.05) is 45.2 Å². The molecule has 0 amide bonds. The minimum absolute atomic E-state index is 0.289. The highest BCUT2D eigenvalue weighted by Gasteiger charge is 2.08. The molecule has 0 aliphatic heterocycles. The first kappa shape index (κ1) is 27.0. The van der Waals surface area contributed by atoms with Gasteiger partial charge in [0.05, 0.1) is 21.5 Å². The fourth-order valence-corrected chi connectivity index (χ4v) is 2.18. The zero-order valence-corrected chi connectivity index (χ0v) is 21.7. The van der Waals surface area contributed by atoms with Gasteiger partial charge in [0.2, 0.25) is 0 Å². The zero-order valence-electron chi connectivity index (χ0n) is 17.6. The molecule has 2 aromatic heterocycles. The molecule has 0 atom stereocenters. The summed E-state index contributed by atoms with van der Waals surface area (Å²) in [6.45, 7) is 12.8. The molecule has 0 radical (unpaired) electrons. The van der Waals surface area contributed by atoms with Crippen molar-refractivity contribution >= 4 is 50.4 Å². The van der Waals surface area contributed by atoms with Crippen LogP contribution in [0.25, 0.3) is 0 Å². The molecule has 0 aromatic carbocycles. The Bertz CT molecular complexity index is 921. The molecule has 2 rings (SSSR count). The number of nitrogen functional groups attached to an aromatic ring is 2. The summed E-state index contributed by atoms with van der Waals surface area (Å²) in [5, 5.41) is 0. The van der Waals surface area contributed by atoms with Gasteiger partial charge >= 0.3 is 0 Å². The Morgan fingerprint density at radius 1 is 0.897 bits per heavy atom. The van der Waals surface area contributed by atoms with Crippen molar-refractivity contribution in [2.24, 2.45) is 0 Å². The third kappa shape index (κ3) is 13.8. The largest absolute Gasteiger partial charge is 0.383 e. The summed E-state index contributed by atoms with van der Waals surface area (Å²) < 4.78 is 25.7. The van der Waals surface area contributed by atoms with Crippen LogP contribution in [0, 0.1) is 38.6 Å². The number of rotatable bonds is 0. The summed E-state index contributed by atoms with van der Waals surface area (Å²) >= 11 is 1.92. The van der Waals surface area contributed by atoms with Gasteiger partial charge in [-0.2, -0.15) is 0 Å². The summed E-state index contributed by atoms with van der Waals surface area (Å²) in [5.74, 6) is 2.78. The average molecular weight is 545 g/mol. The molecule has 156 valence electrons. The Morgan fingerprint density at radius 3 is 1.72 bits per heavy atom. The number of nitrogens with zero attached hydrogens (tertiary/aromatic N) is 2. The first-order valence-electron chi connectivity index (χ1n) is 8.63. The number of anilines is 2. The van der Waals surface area contributed by atoms with Crippen molar-refractivity contribution in [3.05, 3.63) is 45.3 Å². The fourth-order valence-electron chi connectivity index (χ4n) is 1.23. The maximum atomic E-state index is 12.8. The number of hydrogen-bond acceptors (Lipinski definition) is 4. The summed E-state index contributed by atoms with van der Waals surface area (Å²) in [7, 11) is -2.55. The fraction of sp³-hybridized carbons (Fsp3) is 0.300. The summed E-state index contributed by atoms with van der Waals surface area (Å²) in [4.78, 5) is 7.27. The van der Waals surface area contributed by atoms with E-state index in [0.717, 1.165) is 12.4 Å². The standard InChI is InChI=1S/C10H13FN2Si.C5H4FIN2.C5H10Si/c1-14(2,3)5-4-8-6-9(11)7-13-10(8)12;6-3-1-4(7)5(8)9-2-3;1-5-6(2,3)4/h6-7H,1-3H3,(H2,12,13);1-2H,(H2,8,9);1H,2-4H3. The molecule has 4 N–H and O–H groups in total. The molecule has 2 aromatic rings. The molecule has 29 heavy (non-hydrogen) atoms. The van der Waals surface area contributed by atoms with Crippen LogP contribution in [-0.4, -0.2) is 26.1 Å². The predicted molar refractivity (Wildman–Crippen MR) is 132 cm³/mol. The Kier molecular flexibility index (Phi) is 11.1. The maximum absolute atomic E-state index is 12.8. The van der Waals surface area contributed by atoms with Gasteiger partial charge in [0, 0.05) is 0 Å². The lowest BCUT2D eigenvalue weighted by Gasteiger charge is -2.03. The Labute approximate surface area is 188 Å². The van der Waals surface area contributed by atoms with Crippen LogP contribution < -0.4 is 11.5 Å². The minimum Gasteiger partial charge on any atom is -0.383 e. The van der Waals surface area contributed by atoms with Crippen LogP contribution in [0.1, 0.15) is 5.56 Å². The Balaban J connectivity index is 0.000000448. The molecule has 4 nitrogen and oxygen atoms in total. The van der Waals surface area contributed by atoms with E-state index in [1.807, 2.05) is 22.6 Å². The number of halogens is 3. The van der Waals surface area contributed by atoms with Crippen LogP contribution in [0.15, 0.2) is 24.5 Å². The van der Waals surface area contributed by atoms with E-state index >= 15 is 0 Å². The average Bonchev–Trinajstić information content (AvgIpc) is 2.59. The van der Waals surface area contributed by atoms with Crippen LogP contribution in [0.5, 0.6) is 0 Å². The lowest BCUT2D eigenvalue weighted by molar-refractivity contribution is 0.620. The van der Waals surface area contributed by atoms with Gasteiger partial charge in [0.25, 0.3) is 0 Å². The summed E-state index contributed by atoms with van der Waals surface area (Å²) in [6, 6.07) is 2.65. The lowest BCUT2D eigenvalue weighted by Crippen LogP contribution is -2.16. The highest BCUT2D eigenvalue weighted by molar-refractivity contribution is 14.1. The molecule has 0 unspecified atom stereocenters. The van der Waals surface area contributed by atoms with Gasteiger partial charge in [-0.3, -0.25) is 0 Å². The molecule has 0 saturated carbocycles. The quantitative estimate of drug-likeness (QED) is 0.280. The number of terminal acetylenes is 1. The van der Waals surface area contributed by atoms with Crippen molar-refractivity contribution in [3.63, 3.8) is 0 Å². The third-order valence-corrected chi connectivity index (χ3v) is 5.33. The highest BCUT2D eigenvalue weighted by atomic mass is 127. The first-order valence-corrected chi connectivity index (χ1v) is 16.7. The van der Waals surface area contributed by atoms with E-state index in [2.05, 4.69) is 66.3 Å². The minimum atomic E-state index is -1.45.